The molecule has 0 spiro atoms. The lowest BCUT2D eigenvalue weighted by Crippen LogP contribution is -2.41. The van der Waals surface area contributed by atoms with E-state index in [9.17, 15) is 9.59 Å². The Labute approximate surface area is 180 Å². The zero-order valence-electron chi connectivity index (χ0n) is 17.8. The van der Waals surface area contributed by atoms with Crippen LogP contribution in [-0.4, -0.2) is 29.6 Å². The number of fused-ring (bicyclic) bond motifs is 1. The average molecular weight is 419 g/mol. The van der Waals surface area contributed by atoms with Crippen LogP contribution in [0.3, 0.4) is 0 Å². The van der Waals surface area contributed by atoms with Crippen LogP contribution in [0.15, 0.2) is 54.6 Å². The summed E-state index contributed by atoms with van der Waals surface area (Å²) in [5.41, 5.74) is 8.83. The molecule has 1 aliphatic heterocycles. The third kappa shape index (κ3) is 4.12. The van der Waals surface area contributed by atoms with Gasteiger partial charge in [0.15, 0.2) is 11.5 Å². The Morgan fingerprint density at radius 1 is 0.903 bits per heavy atom. The molecule has 1 aromatic heterocycles. The number of benzene rings is 2. The van der Waals surface area contributed by atoms with Crippen molar-refractivity contribution in [2.75, 3.05) is 13.2 Å². The normalized spacial score (nSPS) is 13.4. The third-order valence-electron chi connectivity index (χ3n) is 5.49. The fourth-order valence-electron chi connectivity index (χ4n) is 3.92. The number of nitrogens with zero attached hydrogens (tertiary/aromatic N) is 1. The van der Waals surface area contributed by atoms with Crippen LogP contribution in [-0.2, 0) is 0 Å². The van der Waals surface area contributed by atoms with Gasteiger partial charge in [-0.05, 0) is 50.6 Å². The fourth-order valence-corrected chi connectivity index (χ4v) is 3.92. The first kappa shape index (κ1) is 20.5. The topological polar surface area (TPSA) is 81.6 Å². The van der Waals surface area contributed by atoms with Gasteiger partial charge in [0.25, 0.3) is 11.8 Å². The van der Waals surface area contributed by atoms with E-state index in [0.717, 1.165) is 17.0 Å². The van der Waals surface area contributed by atoms with E-state index in [1.807, 2.05) is 38.1 Å². The Morgan fingerprint density at radius 3 is 2.32 bits per heavy atom. The van der Waals surface area contributed by atoms with Crippen molar-refractivity contribution in [1.82, 2.24) is 15.4 Å². The van der Waals surface area contributed by atoms with Crippen molar-refractivity contribution in [3.8, 4) is 11.5 Å². The number of aryl methyl sites for hydroxylation is 1. The lowest BCUT2D eigenvalue weighted by atomic mass is 10.1. The first-order valence-electron chi connectivity index (χ1n) is 10.2. The number of nitrogens with one attached hydrogen (secondary N) is 2. The van der Waals surface area contributed by atoms with Gasteiger partial charge in [-0.15, -0.1) is 0 Å². The van der Waals surface area contributed by atoms with Gasteiger partial charge in [-0.25, -0.2) is 0 Å². The van der Waals surface area contributed by atoms with Crippen LogP contribution in [0.1, 0.15) is 50.6 Å². The molecule has 7 heteroatoms. The van der Waals surface area contributed by atoms with Crippen molar-refractivity contribution in [3.05, 3.63) is 82.7 Å². The molecule has 1 atom stereocenters. The largest absolute Gasteiger partial charge is 0.486 e. The van der Waals surface area contributed by atoms with E-state index in [0.29, 0.717) is 35.8 Å². The summed E-state index contributed by atoms with van der Waals surface area (Å²) in [6, 6.07) is 16.9. The SMILES string of the molecule is Cc1cc(C(=O)NNC(=O)c2ccc3c(c2)OCCO3)c(C)n1C(C)c1ccccc1. The number of carbonyl (C=O) groups is 2. The van der Waals surface area contributed by atoms with Crippen molar-refractivity contribution < 1.29 is 19.1 Å². The minimum Gasteiger partial charge on any atom is -0.486 e. The number of amides is 2. The van der Waals surface area contributed by atoms with E-state index < -0.39 is 5.91 Å². The lowest BCUT2D eigenvalue weighted by Gasteiger charge is -2.19. The number of rotatable bonds is 4. The maximum absolute atomic E-state index is 12.8. The predicted molar refractivity (Wildman–Crippen MR) is 117 cm³/mol. The molecule has 2 aromatic carbocycles. The molecule has 7 nitrogen and oxygen atoms in total. The smallest absolute Gasteiger partial charge is 0.271 e. The number of carbonyl (C=O) groups excluding carboxylic acids is 2. The van der Waals surface area contributed by atoms with Gasteiger partial charge >= 0.3 is 0 Å². The number of hydrogen-bond acceptors (Lipinski definition) is 4. The monoisotopic (exact) mass is 419 g/mol. The Morgan fingerprint density at radius 2 is 1.58 bits per heavy atom. The molecule has 0 fully saturated rings. The molecule has 31 heavy (non-hydrogen) atoms. The van der Waals surface area contributed by atoms with Crippen LogP contribution < -0.4 is 20.3 Å². The van der Waals surface area contributed by atoms with E-state index in [2.05, 4.69) is 34.5 Å². The van der Waals surface area contributed by atoms with Crippen LogP contribution in [0.4, 0.5) is 0 Å². The summed E-state index contributed by atoms with van der Waals surface area (Å²) >= 11 is 0. The number of hydrogen-bond donors (Lipinski definition) is 2. The summed E-state index contributed by atoms with van der Waals surface area (Å²) in [5.74, 6) is 0.317. The van der Waals surface area contributed by atoms with Crippen LogP contribution in [0, 0.1) is 13.8 Å². The molecule has 1 aliphatic rings. The molecular formula is C24H25N3O4. The molecule has 0 radical (unpaired) electrons. The molecule has 1 unspecified atom stereocenters. The van der Waals surface area contributed by atoms with Gasteiger partial charge in [-0.1, -0.05) is 30.3 Å². The molecule has 160 valence electrons. The zero-order chi connectivity index (χ0) is 22.0. The fraction of sp³-hybridized carbons (Fsp3) is 0.250. The van der Waals surface area contributed by atoms with Gasteiger partial charge < -0.3 is 14.0 Å². The van der Waals surface area contributed by atoms with E-state index in [-0.39, 0.29) is 11.9 Å². The summed E-state index contributed by atoms with van der Waals surface area (Å²) < 4.78 is 13.1. The standard InChI is InChI=1S/C24H25N3O4/c1-15-13-20(17(3)27(15)16(2)18-7-5-4-6-8-18)24(29)26-25-23(28)19-9-10-21-22(14-19)31-12-11-30-21/h4-10,13-14,16H,11-12H2,1-3H3,(H,25,28)(H,26,29). The number of hydrazine groups is 1. The minimum atomic E-state index is -0.434. The lowest BCUT2D eigenvalue weighted by molar-refractivity contribution is 0.0845. The van der Waals surface area contributed by atoms with Crippen molar-refractivity contribution in [3.63, 3.8) is 0 Å². The van der Waals surface area contributed by atoms with Gasteiger partial charge in [-0.3, -0.25) is 20.4 Å². The second-order valence-corrected chi connectivity index (χ2v) is 7.51. The first-order chi connectivity index (χ1) is 15.0. The molecule has 4 rings (SSSR count). The second-order valence-electron chi connectivity index (χ2n) is 7.51. The molecule has 0 saturated heterocycles. The maximum atomic E-state index is 12.8. The van der Waals surface area contributed by atoms with Crippen LogP contribution in [0.2, 0.25) is 0 Å². The van der Waals surface area contributed by atoms with E-state index >= 15 is 0 Å². The van der Waals surface area contributed by atoms with Crippen LogP contribution >= 0.6 is 0 Å². The third-order valence-corrected chi connectivity index (χ3v) is 5.49. The predicted octanol–water partition coefficient (Wildman–Crippen LogP) is 3.56. The average Bonchev–Trinajstić information content (AvgIpc) is 3.10. The van der Waals surface area contributed by atoms with Gasteiger partial charge in [0, 0.05) is 17.0 Å². The highest BCUT2D eigenvalue weighted by Crippen LogP contribution is 2.30. The van der Waals surface area contributed by atoms with E-state index in [4.69, 9.17) is 9.47 Å². The molecule has 0 saturated carbocycles. The molecule has 0 aliphatic carbocycles. The molecule has 0 bridgehead atoms. The molecule has 2 amide bonds. The van der Waals surface area contributed by atoms with Crippen LogP contribution in [0.5, 0.6) is 11.5 Å². The Bertz CT molecular complexity index is 1120. The van der Waals surface area contributed by atoms with Gasteiger partial charge in [0.05, 0.1) is 11.6 Å². The van der Waals surface area contributed by atoms with Crippen molar-refractivity contribution >= 4 is 11.8 Å². The quantitative estimate of drug-likeness (QED) is 0.634. The summed E-state index contributed by atoms with van der Waals surface area (Å²) in [6.07, 6.45) is 0. The molecule has 3 aromatic rings. The Kier molecular flexibility index (Phi) is 5.66. The van der Waals surface area contributed by atoms with Crippen molar-refractivity contribution in [1.29, 1.82) is 0 Å². The summed E-state index contributed by atoms with van der Waals surface area (Å²) in [6.45, 7) is 6.89. The zero-order valence-corrected chi connectivity index (χ0v) is 17.8. The maximum Gasteiger partial charge on any atom is 0.271 e. The summed E-state index contributed by atoms with van der Waals surface area (Å²) in [5, 5.41) is 0. The van der Waals surface area contributed by atoms with Crippen molar-refractivity contribution in [2.45, 2.75) is 26.8 Å². The highest BCUT2D eigenvalue weighted by atomic mass is 16.6. The van der Waals surface area contributed by atoms with E-state index in [1.165, 1.54) is 0 Å². The summed E-state index contributed by atoms with van der Waals surface area (Å²) in [7, 11) is 0. The van der Waals surface area contributed by atoms with Gasteiger partial charge in [0.2, 0.25) is 0 Å². The Balaban J connectivity index is 1.46. The van der Waals surface area contributed by atoms with Crippen molar-refractivity contribution in [2.24, 2.45) is 0 Å². The second kappa shape index (κ2) is 8.55. The van der Waals surface area contributed by atoms with Crippen LogP contribution in [0.25, 0.3) is 0 Å². The Hall–Kier alpha value is -3.74. The minimum absolute atomic E-state index is 0.0788. The molecular weight excluding hydrogens is 394 g/mol. The highest BCUT2D eigenvalue weighted by molar-refractivity contribution is 6.00. The number of ether oxygens (including phenoxy) is 2. The number of aromatic nitrogens is 1. The van der Waals surface area contributed by atoms with Gasteiger partial charge in [0.1, 0.15) is 13.2 Å². The highest BCUT2D eigenvalue weighted by Gasteiger charge is 2.21. The molecule has 2 heterocycles. The summed E-state index contributed by atoms with van der Waals surface area (Å²) in [4.78, 5) is 25.3. The van der Waals surface area contributed by atoms with E-state index in [1.54, 1.807) is 18.2 Å². The first-order valence-corrected chi connectivity index (χ1v) is 10.2. The van der Waals surface area contributed by atoms with Gasteiger partial charge in [-0.2, -0.15) is 0 Å². The molecule has 2 N–H and O–H groups in total.